The highest BCUT2D eigenvalue weighted by Crippen LogP contribution is 2.30. The summed E-state index contributed by atoms with van der Waals surface area (Å²) in [5.41, 5.74) is 0.576. The number of nitrogens with one attached hydrogen (secondary N) is 1. The largest absolute Gasteiger partial charge is 0.379 e. The first-order valence-corrected chi connectivity index (χ1v) is 8.44. The number of carbonyl (C=O) groups is 1. The van der Waals surface area contributed by atoms with E-state index in [9.17, 15) is 13.2 Å². The Morgan fingerprint density at radius 1 is 1.04 bits per heavy atom. The second-order valence-electron chi connectivity index (χ2n) is 4.99. The van der Waals surface area contributed by atoms with Crippen molar-refractivity contribution < 1.29 is 22.1 Å². The van der Waals surface area contributed by atoms with E-state index in [1.54, 1.807) is 42.5 Å². The number of hydrogen-bond acceptors (Lipinski definition) is 5. The van der Waals surface area contributed by atoms with Crippen molar-refractivity contribution in [1.82, 2.24) is 5.32 Å². The van der Waals surface area contributed by atoms with Gasteiger partial charge >= 0.3 is 10.1 Å². The van der Waals surface area contributed by atoms with E-state index in [0.717, 1.165) is 0 Å². The van der Waals surface area contributed by atoms with Gasteiger partial charge in [0.1, 0.15) is 23.4 Å². The molecule has 3 rings (SSSR count). The van der Waals surface area contributed by atoms with Gasteiger partial charge in [-0.05, 0) is 18.2 Å². The maximum atomic E-state index is 12.4. The highest BCUT2D eigenvalue weighted by molar-refractivity contribution is 7.87. The molecule has 0 saturated carbocycles. The van der Waals surface area contributed by atoms with Crippen LogP contribution in [0.25, 0.3) is 0 Å². The van der Waals surface area contributed by atoms with Crippen molar-refractivity contribution >= 4 is 16.0 Å². The van der Waals surface area contributed by atoms with Gasteiger partial charge in [0, 0.05) is 12.1 Å². The maximum absolute atomic E-state index is 12.4. The molecule has 1 aliphatic heterocycles. The third kappa shape index (κ3) is 3.52. The molecular formula is C16H15NO5S. The lowest BCUT2D eigenvalue weighted by molar-refractivity contribution is -0.133. The van der Waals surface area contributed by atoms with Crippen LogP contribution in [-0.2, 0) is 19.6 Å². The first kappa shape index (κ1) is 15.5. The third-order valence-corrected chi connectivity index (χ3v) is 4.65. The Kier molecular flexibility index (Phi) is 4.31. The Bertz CT molecular complexity index is 794. The molecule has 1 heterocycles. The third-order valence-electron chi connectivity index (χ3n) is 3.40. The second-order valence-corrected chi connectivity index (χ2v) is 6.54. The fourth-order valence-electron chi connectivity index (χ4n) is 2.27. The normalized spacial score (nSPS) is 18.3. The highest BCUT2D eigenvalue weighted by atomic mass is 32.2. The van der Waals surface area contributed by atoms with Crippen molar-refractivity contribution in [2.75, 3.05) is 13.2 Å². The number of benzene rings is 2. The Morgan fingerprint density at radius 3 is 2.43 bits per heavy atom. The van der Waals surface area contributed by atoms with E-state index < -0.39 is 16.2 Å². The predicted molar refractivity (Wildman–Crippen MR) is 82.4 cm³/mol. The second kappa shape index (κ2) is 6.39. The molecule has 1 aliphatic rings. The molecule has 7 heteroatoms. The van der Waals surface area contributed by atoms with Crippen LogP contribution in [-0.4, -0.2) is 27.5 Å². The molecule has 120 valence electrons. The SMILES string of the molecule is O=C1CO[C@@H](c2ccccc2OS(=O)(=O)c2ccccc2)CN1. The molecular weight excluding hydrogens is 318 g/mol. The van der Waals surface area contributed by atoms with E-state index in [0.29, 0.717) is 5.56 Å². The summed E-state index contributed by atoms with van der Waals surface area (Å²) < 4.78 is 35.4. The van der Waals surface area contributed by atoms with E-state index in [1.807, 2.05) is 0 Å². The molecule has 1 N–H and O–H groups in total. The lowest BCUT2D eigenvalue weighted by atomic mass is 10.1. The van der Waals surface area contributed by atoms with Crippen molar-refractivity contribution in [2.45, 2.75) is 11.0 Å². The Balaban J connectivity index is 1.88. The summed E-state index contributed by atoms with van der Waals surface area (Å²) in [4.78, 5) is 11.3. The van der Waals surface area contributed by atoms with Crippen LogP contribution < -0.4 is 9.50 Å². The van der Waals surface area contributed by atoms with Gasteiger partial charge in [0.15, 0.2) is 0 Å². The molecule has 2 aromatic rings. The van der Waals surface area contributed by atoms with Crippen LogP contribution in [0.2, 0.25) is 0 Å². The summed E-state index contributed by atoms with van der Waals surface area (Å²) in [6, 6.07) is 14.6. The van der Waals surface area contributed by atoms with Crippen LogP contribution in [0.3, 0.4) is 0 Å². The van der Waals surface area contributed by atoms with E-state index in [2.05, 4.69) is 5.32 Å². The van der Waals surface area contributed by atoms with E-state index in [1.165, 1.54) is 12.1 Å². The number of ether oxygens (including phenoxy) is 1. The molecule has 0 radical (unpaired) electrons. The number of amides is 1. The summed E-state index contributed by atoms with van der Waals surface area (Å²) >= 11 is 0. The monoisotopic (exact) mass is 333 g/mol. The molecule has 0 bridgehead atoms. The van der Waals surface area contributed by atoms with Crippen LogP contribution in [0.4, 0.5) is 0 Å². The van der Waals surface area contributed by atoms with Gasteiger partial charge in [-0.25, -0.2) is 0 Å². The minimum atomic E-state index is -3.93. The number of carbonyl (C=O) groups excluding carboxylic acids is 1. The van der Waals surface area contributed by atoms with E-state index >= 15 is 0 Å². The van der Waals surface area contributed by atoms with Crippen molar-refractivity contribution in [3.8, 4) is 5.75 Å². The molecule has 1 saturated heterocycles. The van der Waals surface area contributed by atoms with E-state index in [-0.39, 0.29) is 29.7 Å². The van der Waals surface area contributed by atoms with E-state index in [4.69, 9.17) is 8.92 Å². The van der Waals surface area contributed by atoms with Crippen LogP contribution >= 0.6 is 0 Å². The summed E-state index contributed by atoms with van der Waals surface area (Å²) in [6.45, 7) is 0.203. The van der Waals surface area contributed by atoms with Crippen molar-refractivity contribution in [1.29, 1.82) is 0 Å². The summed E-state index contributed by atoms with van der Waals surface area (Å²) in [5.74, 6) is -0.00550. The molecule has 0 aliphatic carbocycles. The van der Waals surface area contributed by atoms with Crippen molar-refractivity contribution in [3.05, 3.63) is 60.2 Å². The van der Waals surface area contributed by atoms with Crippen molar-refractivity contribution in [2.24, 2.45) is 0 Å². The molecule has 1 atom stereocenters. The standard InChI is InChI=1S/C16H15NO5S/c18-16-11-21-15(10-17-16)13-8-4-5-9-14(13)22-23(19,20)12-6-2-1-3-7-12/h1-9,15H,10-11H2,(H,17,18)/t15-/m1/s1. The van der Waals surface area contributed by atoms with Gasteiger partial charge in [0.25, 0.3) is 0 Å². The molecule has 1 amide bonds. The number of morpholine rings is 1. The van der Waals surface area contributed by atoms with Gasteiger partial charge in [-0.3, -0.25) is 4.79 Å². The highest BCUT2D eigenvalue weighted by Gasteiger charge is 2.25. The van der Waals surface area contributed by atoms with Gasteiger partial charge in [-0.15, -0.1) is 0 Å². The fourth-order valence-corrected chi connectivity index (χ4v) is 3.24. The Labute approximate surface area is 134 Å². The van der Waals surface area contributed by atoms with Gasteiger partial charge in [0.05, 0.1) is 0 Å². The summed E-state index contributed by atoms with van der Waals surface area (Å²) in [7, 11) is -3.93. The first-order valence-electron chi connectivity index (χ1n) is 7.03. The zero-order chi connectivity index (χ0) is 16.3. The molecule has 0 unspecified atom stereocenters. The minimum absolute atomic E-state index is 0.0650. The lowest BCUT2D eigenvalue weighted by Gasteiger charge is -2.24. The first-order chi connectivity index (χ1) is 11.1. The zero-order valence-corrected chi connectivity index (χ0v) is 13.0. The fraction of sp³-hybridized carbons (Fsp3) is 0.188. The van der Waals surface area contributed by atoms with Crippen LogP contribution in [0.1, 0.15) is 11.7 Å². The lowest BCUT2D eigenvalue weighted by Crippen LogP contribution is -2.38. The quantitative estimate of drug-likeness (QED) is 0.860. The average Bonchev–Trinajstić information content (AvgIpc) is 2.57. The molecule has 6 nitrogen and oxygen atoms in total. The minimum Gasteiger partial charge on any atom is -0.379 e. The maximum Gasteiger partial charge on any atom is 0.339 e. The number of rotatable bonds is 4. The Morgan fingerprint density at radius 2 is 1.74 bits per heavy atom. The Hall–Kier alpha value is -2.38. The molecule has 1 fully saturated rings. The van der Waals surface area contributed by atoms with Crippen LogP contribution in [0, 0.1) is 0 Å². The van der Waals surface area contributed by atoms with Crippen LogP contribution in [0.15, 0.2) is 59.5 Å². The summed E-state index contributed by atoms with van der Waals surface area (Å²) in [5, 5.41) is 2.68. The summed E-state index contributed by atoms with van der Waals surface area (Å²) in [6.07, 6.45) is -0.449. The average molecular weight is 333 g/mol. The van der Waals surface area contributed by atoms with Gasteiger partial charge in [-0.1, -0.05) is 36.4 Å². The van der Waals surface area contributed by atoms with Crippen LogP contribution in [0.5, 0.6) is 5.75 Å². The molecule has 2 aromatic carbocycles. The number of hydrogen-bond donors (Lipinski definition) is 1. The number of para-hydroxylation sites is 1. The van der Waals surface area contributed by atoms with Gasteiger partial charge in [-0.2, -0.15) is 8.42 Å². The predicted octanol–water partition coefficient (Wildman–Crippen LogP) is 1.64. The topological polar surface area (TPSA) is 81.7 Å². The van der Waals surface area contributed by atoms with Gasteiger partial charge in [0.2, 0.25) is 5.91 Å². The molecule has 0 aromatic heterocycles. The van der Waals surface area contributed by atoms with Crippen molar-refractivity contribution in [3.63, 3.8) is 0 Å². The zero-order valence-electron chi connectivity index (χ0n) is 12.1. The molecule has 0 spiro atoms. The molecule has 23 heavy (non-hydrogen) atoms. The smallest absolute Gasteiger partial charge is 0.339 e. The van der Waals surface area contributed by atoms with Gasteiger partial charge < -0.3 is 14.2 Å².